The van der Waals surface area contributed by atoms with Crippen molar-refractivity contribution in [1.29, 1.82) is 0 Å². The van der Waals surface area contributed by atoms with Crippen molar-refractivity contribution in [1.82, 2.24) is 15.1 Å². The number of halogens is 1. The molecule has 18 heavy (non-hydrogen) atoms. The van der Waals surface area contributed by atoms with E-state index in [9.17, 15) is 9.18 Å². The van der Waals surface area contributed by atoms with E-state index in [4.69, 9.17) is 0 Å². The Bertz CT molecular complexity index is 551. The Morgan fingerprint density at radius 3 is 2.89 bits per heavy atom. The summed E-state index contributed by atoms with van der Waals surface area (Å²) in [6.45, 7) is 2.69. The molecule has 1 aromatic carbocycles. The molecule has 0 aliphatic rings. The van der Waals surface area contributed by atoms with E-state index in [1.807, 2.05) is 6.92 Å². The molecule has 0 bridgehead atoms. The van der Waals surface area contributed by atoms with Crippen molar-refractivity contribution in [2.45, 2.75) is 20.0 Å². The molecule has 2 rings (SSSR count). The second-order valence-electron chi connectivity index (χ2n) is 3.81. The summed E-state index contributed by atoms with van der Waals surface area (Å²) >= 11 is 0. The molecule has 1 heterocycles. The highest BCUT2D eigenvalue weighted by Gasteiger charge is 2.11. The summed E-state index contributed by atoms with van der Waals surface area (Å²) < 4.78 is 15.0. The number of nitrogens with one attached hydrogen (secondary N) is 1. The molecule has 0 atom stereocenters. The molecule has 0 spiro atoms. The van der Waals surface area contributed by atoms with Crippen LogP contribution in [0.4, 0.5) is 4.39 Å². The van der Waals surface area contributed by atoms with E-state index >= 15 is 0 Å². The summed E-state index contributed by atoms with van der Waals surface area (Å²) in [7, 11) is 0. The Morgan fingerprint density at radius 1 is 1.39 bits per heavy atom. The standard InChI is InChI=1S/C13H14FN3O/c1-2-17-12(7-8-16-17)13(18)15-9-10-5-3-4-6-11(10)14/h3-8H,2,9H2,1H3,(H,15,18). The Kier molecular flexibility index (Phi) is 3.72. The normalized spacial score (nSPS) is 10.3. The number of nitrogens with zero attached hydrogens (tertiary/aromatic N) is 2. The van der Waals surface area contributed by atoms with Crippen molar-refractivity contribution in [2.75, 3.05) is 0 Å². The maximum Gasteiger partial charge on any atom is 0.269 e. The van der Waals surface area contributed by atoms with Crippen LogP contribution in [0.25, 0.3) is 0 Å². The number of amides is 1. The third-order valence-corrected chi connectivity index (χ3v) is 2.65. The van der Waals surface area contributed by atoms with E-state index in [0.29, 0.717) is 17.8 Å². The van der Waals surface area contributed by atoms with Crippen LogP contribution in [-0.2, 0) is 13.1 Å². The van der Waals surface area contributed by atoms with Gasteiger partial charge in [-0.05, 0) is 19.1 Å². The minimum atomic E-state index is -0.318. The average Bonchev–Trinajstić information content (AvgIpc) is 2.86. The Labute approximate surface area is 104 Å². The lowest BCUT2D eigenvalue weighted by Crippen LogP contribution is -2.26. The lowest BCUT2D eigenvalue weighted by atomic mass is 10.2. The van der Waals surface area contributed by atoms with E-state index in [-0.39, 0.29) is 18.3 Å². The number of aryl methyl sites for hydroxylation is 1. The number of aromatic nitrogens is 2. The summed E-state index contributed by atoms with van der Waals surface area (Å²) in [5.41, 5.74) is 0.947. The first-order valence-corrected chi connectivity index (χ1v) is 5.75. The van der Waals surface area contributed by atoms with Crippen molar-refractivity contribution in [3.8, 4) is 0 Å². The van der Waals surface area contributed by atoms with E-state index < -0.39 is 0 Å². The Hall–Kier alpha value is -2.17. The van der Waals surface area contributed by atoms with Crippen LogP contribution >= 0.6 is 0 Å². The predicted octanol–water partition coefficient (Wildman–Crippen LogP) is 1.97. The second kappa shape index (κ2) is 5.44. The van der Waals surface area contributed by atoms with Gasteiger partial charge < -0.3 is 5.32 Å². The monoisotopic (exact) mass is 247 g/mol. The van der Waals surface area contributed by atoms with Gasteiger partial charge in [0.2, 0.25) is 0 Å². The van der Waals surface area contributed by atoms with Crippen LogP contribution in [-0.4, -0.2) is 15.7 Å². The number of rotatable bonds is 4. The van der Waals surface area contributed by atoms with Crippen LogP contribution in [0.2, 0.25) is 0 Å². The van der Waals surface area contributed by atoms with Crippen molar-refractivity contribution in [2.24, 2.45) is 0 Å². The SMILES string of the molecule is CCn1nccc1C(=O)NCc1ccccc1F. The zero-order valence-corrected chi connectivity index (χ0v) is 10.1. The molecule has 0 fully saturated rings. The van der Waals surface area contributed by atoms with Crippen LogP contribution in [0.1, 0.15) is 23.0 Å². The average molecular weight is 247 g/mol. The van der Waals surface area contributed by atoms with Gasteiger partial charge in [-0.25, -0.2) is 4.39 Å². The van der Waals surface area contributed by atoms with Gasteiger partial charge in [0, 0.05) is 24.8 Å². The quantitative estimate of drug-likeness (QED) is 0.897. The third-order valence-electron chi connectivity index (χ3n) is 2.65. The maximum absolute atomic E-state index is 13.4. The summed E-state index contributed by atoms with van der Waals surface area (Å²) in [4.78, 5) is 11.9. The molecule has 5 heteroatoms. The molecule has 2 aromatic rings. The van der Waals surface area contributed by atoms with Crippen molar-refractivity contribution in [3.63, 3.8) is 0 Å². The van der Waals surface area contributed by atoms with E-state index in [0.717, 1.165) is 0 Å². The van der Waals surface area contributed by atoms with Gasteiger partial charge >= 0.3 is 0 Å². The molecule has 0 radical (unpaired) electrons. The van der Waals surface area contributed by atoms with Gasteiger partial charge in [-0.2, -0.15) is 5.10 Å². The van der Waals surface area contributed by atoms with E-state index in [1.54, 1.807) is 35.1 Å². The van der Waals surface area contributed by atoms with Gasteiger partial charge in [-0.3, -0.25) is 9.48 Å². The molecule has 4 nitrogen and oxygen atoms in total. The highest BCUT2D eigenvalue weighted by Crippen LogP contribution is 2.06. The molecule has 94 valence electrons. The van der Waals surface area contributed by atoms with Crippen LogP contribution in [0.3, 0.4) is 0 Å². The van der Waals surface area contributed by atoms with Crippen molar-refractivity contribution in [3.05, 3.63) is 53.6 Å². The Morgan fingerprint density at radius 2 is 2.17 bits per heavy atom. The van der Waals surface area contributed by atoms with E-state index in [1.165, 1.54) is 6.07 Å². The lowest BCUT2D eigenvalue weighted by molar-refractivity contribution is 0.0940. The van der Waals surface area contributed by atoms with Gasteiger partial charge in [-0.1, -0.05) is 18.2 Å². The number of carbonyl (C=O) groups excluding carboxylic acids is 1. The molecule has 0 aliphatic carbocycles. The molecule has 1 N–H and O–H groups in total. The van der Waals surface area contributed by atoms with Crippen LogP contribution < -0.4 is 5.32 Å². The smallest absolute Gasteiger partial charge is 0.269 e. The Balaban J connectivity index is 2.03. The second-order valence-corrected chi connectivity index (χ2v) is 3.81. The van der Waals surface area contributed by atoms with Crippen molar-refractivity contribution < 1.29 is 9.18 Å². The molecule has 0 saturated heterocycles. The summed E-state index contributed by atoms with van der Waals surface area (Å²) in [5.74, 6) is -0.570. The first kappa shape index (κ1) is 12.3. The highest BCUT2D eigenvalue weighted by atomic mass is 19.1. The van der Waals surface area contributed by atoms with Gasteiger partial charge in [-0.15, -0.1) is 0 Å². The topological polar surface area (TPSA) is 46.9 Å². The maximum atomic E-state index is 13.4. The zero-order valence-electron chi connectivity index (χ0n) is 10.1. The molecular formula is C13H14FN3O. The highest BCUT2D eigenvalue weighted by molar-refractivity contribution is 5.92. The van der Waals surface area contributed by atoms with Gasteiger partial charge in [0.25, 0.3) is 5.91 Å². The van der Waals surface area contributed by atoms with Gasteiger partial charge in [0.15, 0.2) is 0 Å². The number of benzene rings is 1. The van der Waals surface area contributed by atoms with Gasteiger partial charge in [0.1, 0.15) is 11.5 Å². The minimum absolute atomic E-state index is 0.167. The van der Waals surface area contributed by atoms with Crippen LogP contribution in [0.15, 0.2) is 36.5 Å². The molecular weight excluding hydrogens is 233 g/mol. The zero-order chi connectivity index (χ0) is 13.0. The largest absolute Gasteiger partial charge is 0.347 e. The van der Waals surface area contributed by atoms with Crippen LogP contribution in [0.5, 0.6) is 0 Å². The van der Waals surface area contributed by atoms with Crippen molar-refractivity contribution >= 4 is 5.91 Å². The molecule has 0 unspecified atom stereocenters. The summed E-state index contributed by atoms with van der Waals surface area (Å²) in [5, 5.41) is 6.69. The number of hydrogen-bond donors (Lipinski definition) is 1. The first-order valence-electron chi connectivity index (χ1n) is 5.75. The predicted molar refractivity (Wildman–Crippen MR) is 65.5 cm³/mol. The third kappa shape index (κ3) is 2.56. The number of carbonyl (C=O) groups is 1. The number of hydrogen-bond acceptors (Lipinski definition) is 2. The fourth-order valence-corrected chi connectivity index (χ4v) is 1.69. The molecule has 1 amide bonds. The first-order chi connectivity index (χ1) is 8.72. The fourth-order valence-electron chi connectivity index (χ4n) is 1.69. The summed E-state index contributed by atoms with van der Waals surface area (Å²) in [6.07, 6.45) is 1.57. The minimum Gasteiger partial charge on any atom is -0.347 e. The molecule has 0 saturated carbocycles. The summed E-state index contributed by atoms with van der Waals surface area (Å²) in [6, 6.07) is 8.01. The molecule has 0 aliphatic heterocycles. The lowest BCUT2D eigenvalue weighted by Gasteiger charge is -2.07. The fraction of sp³-hybridized carbons (Fsp3) is 0.231. The molecule has 1 aromatic heterocycles. The van der Waals surface area contributed by atoms with Crippen LogP contribution in [0, 0.1) is 5.82 Å². The van der Waals surface area contributed by atoms with Gasteiger partial charge in [0.05, 0.1) is 0 Å². The van der Waals surface area contributed by atoms with E-state index in [2.05, 4.69) is 10.4 Å².